The molecular weight excluding hydrogens is 244 g/mol. The highest BCUT2D eigenvalue weighted by Crippen LogP contribution is 2.22. The van der Waals surface area contributed by atoms with Crippen molar-refractivity contribution in [2.75, 3.05) is 0 Å². The molecule has 0 radical (unpaired) electrons. The van der Waals surface area contributed by atoms with Gasteiger partial charge in [-0.2, -0.15) is 0 Å². The standard InChI is InChI=1S/C14H14N2O3/c15-13(17)8-12(14(18)19)16-7-6-11(9-16)10-4-2-1-3-5-10/h1-7,9,12H,8H2,(H2,15,17)(H,18,19). The van der Waals surface area contributed by atoms with Crippen LogP contribution in [-0.4, -0.2) is 21.6 Å². The molecule has 0 saturated heterocycles. The summed E-state index contributed by atoms with van der Waals surface area (Å²) in [5.41, 5.74) is 6.96. The van der Waals surface area contributed by atoms with Crippen molar-refractivity contribution < 1.29 is 14.7 Å². The van der Waals surface area contributed by atoms with E-state index in [0.717, 1.165) is 11.1 Å². The molecule has 2 aromatic rings. The number of aromatic nitrogens is 1. The molecular formula is C14H14N2O3. The lowest BCUT2D eigenvalue weighted by atomic mass is 10.1. The number of carboxylic acids is 1. The number of hydrogen-bond acceptors (Lipinski definition) is 2. The van der Waals surface area contributed by atoms with E-state index >= 15 is 0 Å². The number of carboxylic acid groups (broad SMARTS) is 1. The Morgan fingerprint density at radius 2 is 1.84 bits per heavy atom. The molecule has 2 rings (SSSR count). The molecule has 1 atom stereocenters. The van der Waals surface area contributed by atoms with Gasteiger partial charge in [0.2, 0.25) is 5.91 Å². The second-order valence-electron chi connectivity index (χ2n) is 4.24. The molecule has 19 heavy (non-hydrogen) atoms. The predicted molar refractivity (Wildman–Crippen MR) is 70.4 cm³/mol. The topological polar surface area (TPSA) is 85.3 Å². The van der Waals surface area contributed by atoms with Gasteiger partial charge in [0.25, 0.3) is 0 Å². The number of primary amides is 1. The summed E-state index contributed by atoms with van der Waals surface area (Å²) in [6.45, 7) is 0. The van der Waals surface area contributed by atoms with Crippen LogP contribution in [0.25, 0.3) is 11.1 Å². The fourth-order valence-corrected chi connectivity index (χ4v) is 1.92. The maximum atomic E-state index is 11.2. The molecule has 0 aliphatic heterocycles. The van der Waals surface area contributed by atoms with Gasteiger partial charge in [0, 0.05) is 12.4 Å². The van der Waals surface area contributed by atoms with Crippen molar-refractivity contribution in [1.82, 2.24) is 4.57 Å². The number of amides is 1. The van der Waals surface area contributed by atoms with Gasteiger partial charge in [0.05, 0.1) is 6.42 Å². The molecule has 1 heterocycles. The molecule has 0 spiro atoms. The first kappa shape index (κ1) is 12.9. The number of benzene rings is 1. The van der Waals surface area contributed by atoms with Crippen molar-refractivity contribution in [1.29, 1.82) is 0 Å². The fraction of sp³-hybridized carbons (Fsp3) is 0.143. The van der Waals surface area contributed by atoms with Crippen molar-refractivity contribution in [3.8, 4) is 11.1 Å². The average Bonchev–Trinajstić information content (AvgIpc) is 2.86. The number of aliphatic carboxylic acids is 1. The molecule has 1 amide bonds. The van der Waals surface area contributed by atoms with Crippen LogP contribution in [0.1, 0.15) is 12.5 Å². The summed E-state index contributed by atoms with van der Waals surface area (Å²) in [6.07, 6.45) is 3.12. The van der Waals surface area contributed by atoms with E-state index in [0.29, 0.717) is 0 Å². The SMILES string of the molecule is NC(=O)CC(C(=O)O)n1ccc(-c2ccccc2)c1. The molecule has 5 heteroatoms. The zero-order valence-corrected chi connectivity index (χ0v) is 10.2. The molecule has 5 nitrogen and oxygen atoms in total. The molecule has 1 unspecified atom stereocenters. The lowest BCUT2D eigenvalue weighted by molar-refractivity contribution is -0.142. The molecule has 0 fully saturated rings. The predicted octanol–water partition coefficient (Wildman–Crippen LogP) is 1.66. The lowest BCUT2D eigenvalue weighted by Crippen LogP contribution is -2.24. The van der Waals surface area contributed by atoms with Crippen molar-refractivity contribution in [3.05, 3.63) is 48.8 Å². The van der Waals surface area contributed by atoms with Gasteiger partial charge in [-0.25, -0.2) is 4.79 Å². The number of carbonyl (C=O) groups is 2. The number of rotatable bonds is 5. The zero-order valence-electron chi connectivity index (χ0n) is 10.2. The number of carbonyl (C=O) groups excluding carboxylic acids is 1. The van der Waals surface area contributed by atoms with E-state index in [2.05, 4.69) is 0 Å². The zero-order chi connectivity index (χ0) is 13.8. The third-order valence-corrected chi connectivity index (χ3v) is 2.86. The Balaban J connectivity index is 2.29. The third-order valence-electron chi connectivity index (χ3n) is 2.86. The Kier molecular flexibility index (Phi) is 3.66. The van der Waals surface area contributed by atoms with Crippen LogP contribution in [0.4, 0.5) is 0 Å². The molecule has 0 bridgehead atoms. The first-order valence-electron chi connectivity index (χ1n) is 5.82. The molecule has 1 aromatic carbocycles. The van der Waals surface area contributed by atoms with Crippen LogP contribution in [-0.2, 0) is 9.59 Å². The fourth-order valence-electron chi connectivity index (χ4n) is 1.92. The summed E-state index contributed by atoms with van der Waals surface area (Å²) in [7, 11) is 0. The van der Waals surface area contributed by atoms with Gasteiger partial charge in [0.1, 0.15) is 6.04 Å². The summed E-state index contributed by atoms with van der Waals surface area (Å²) in [6, 6.07) is 10.4. The highest BCUT2D eigenvalue weighted by molar-refractivity contribution is 5.82. The second kappa shape index (κ2) is 5.39. The maximum absolute atomic E-state index is 11.2. The van der Waals surface area contributed by atoms with Crippen LogP contribution in [0.2, 0.25) is 0 Å². The minimum Gasteiger partial charge on any atom is -0.480 e. The van der Waals surface area contributed by atoms with Crippen molar-refractivity contribution in [2.45, 2.75) is 12.5 Å². The Morgan fingerprint density at radius 1 is 1.16 bits per heavy atom. The average molecular weight is 258 g/mol. The monoisotopic (exact) mass is 258 g/mol. The van der Waals surface area contributed by atoms with Gasteiger partial charge >= 0.3 is 5.97 Å². The maximum Gasteiger partial charge on any atom is 0.327 e. The molecule has 3 N–H and O–H groups in total. The largest absolute Gasteiger partial charge is 0.480 e. The minimum absolute atomic E-state index is 0.224. The smallest absolute Gasteiger partial charge is 0.327 e. The number of nitrogens with two attached hydrogens (primary N) is 1. The van der Waals surface area contributed by atoms with Gasteiger partial charge in [-0.15, -0.1) is 0 Å². The van der Waals surface area contributed by atoms with E-state index in [1.165, 1.54) is 4.57 Å². The Labute approximate surface area is 110 Å². The highest BCUT2D eigenvalue weighted by atomic mass is 16.4. The van der Waals surface area contributed by atoms with E-state index in [9.17, 15) is 9.59 Å². The number of hydrogen-bond donors (Lipinski definition) is 2. The Hall–Kier alpha value is -2.56. The molecule has 0 aliphatic rings. The Bertz CT molecular complexity index is 590. The van der Waals surface area contributed by atoms with Gasteiger partial charge in [-0.1, -0.05) is 30.3 Å². The number of nitrogens with zero attached hydrogens (tertiary/aromatic N) is 1. The van der Waals surface area contributed by atoms with Crippen LogP contribution in [0, 0.1) is 0 Å². The summed E-state index contributed by atoms with van der Waals surface area (Å²) < 4.78 is 1.50. The quantitative estimate of drug-likeness (QED) is 0.855. The first-order chi connectivity index (χ1) is 9.08. The van der Waals surface area contributed by atoms with Crippen molar-refractivity contribution >= 4 is 11.9 Å². The molecule has 98 valence electrons. The van der Waals surface area contributed by atoms with Gasteiger partial charge < -0.3 is 15.4 Å². The highest BCUT2D eigenvalue weighted by Gasteiger charge is 2.21. The summed E-state index contributed by atoms with van der Waals surface area (Å²) in [5.74, 6) is -1.71. The van der Waals surface area contributed by atoms with Crippen LogP contribution >= 0.6 is 0 Å². The molecule has 0 aliphatic carbocycles. The van der Waals surface area contributed by atoms with Gasteiger partial charge in [-0.3, -0.25) is 4.79 Å². The lowest BCUT2D eigenvalue weighted by Gasteiger charge is -2.12. The summed E-state index contributed by atoms with van der Waals surface area (Å²) in [4.78, 5) is 22.1. The Morgan fingerprint density at radius 3 is 2.42 bits per heavy atom. The van der Waals surface area contributed by atoms with Gasteiger partial charge in [0.15, 0.2) is 0 Å². The van der Waals surface area contributed by atoms with Crippen LogP contribution in [0.15, 0.2) is 48.8 Å². The van der Waals surface area contributed by atoms with Crippen molar-refractivity contribution in [2.24, 2.45) is 5.73 Å². The summed E-state index contributed by atoms with van der Waals surface area (Å²) in [5, 5.41) is 9.13. The van der Waals surface area contributed by atoms with Crippen LogP contribution in [0.5, 0.6) is 0 Å². The third kappa shape index (κ3) is 3.01. The van der Waals surface area contributed by atoms with Crippen LogP contribution in [0.3, 0.4) is 0 Å². The molecule has 0 saturated carbocycles. The van der Waals surface area contributed by atoms with E-state index in [-0.39, 0.29) is 6.42 Å². The normalized spacial score (nSPS) is 12.0. The van der Waals surface area contributed by atoms with E-state index in [4.69, 9.17) is 10.8 Å². The second-order valence-corrected chi connectivity index (χ2v) is 4.24. The van der Waals surface area contributed by atoms with Crippen molar-refractivity contribution in [3.63, 3.8) is 0 Å². The summed E-state index contributed by atoms with van der Waals surface area (Å²) >= 11 is 0. The minimum atomic E-state index is -1.07. The van der Waals surface area contributed by atoms with E-state index in [1.807, 2.05) is 36.4 Å². The van der Waals surface area contributed by atoms with E-state index < -0.39 is 17.9 Å². The van der Waals surface area contributed by atoms with E-state index in [1.54, 1.807) is 12.4 Å². The first-order valence-corrected chi connectivity index (χ1v) is 5.82. The van der Waals surface area contributed by atoms with Crippen LogP contribution < -0.4 is 5.73 Å². The van der Waals surface area contributed by atoms with Gasteiger partial charge in [-0.05, 0) is 17.2 Å². The molecule has 1 aromatic heterocycles.